The quantitative estimate of drug-likeness (QED) is 0.666. The summed E-state index contributed by atoms with van der Waals surface area (Å²) >= 11 is 0. The van der Waals surface area contributed by atoms with Crippen molar-refractivity contribution in [3.8, 4) is 0 Å². The molecule has 3 aliphatic rings. The van der Waals surface area contributed by atoms with Crippen molar-refractivity contribution in [2.24, 2.45) is 5.92 Å². The second-order valence-electron chi connectivity index (χ2n) is 10.6. The average Bonchev–Trinajstić information content (AvgIpc) is 2.83. The Balaban J connectivity index is 1.37. The third kappa shape index (κ3) is 5.62. The SMILES string of the molecule is CC(C)CC(=O)N1Cc2ccccc2CC1C(=O)N1CCN(CC(=O)N2CCCCC2C)CC1. The minimum atomic E-state index is -0.441. The van der Waals surface area contributed by atoms with Crippen LogP contribution >= 0.6 is 0 Å². The second kappa shape index (κ2) is 10.9. The molecule has 2 unspecified atom stereocenters. The Hall–Kier alpha value is -2.41. The van der Waals surface area contributed by atoms with Crippen molar-refractivity contribution in [1.29, 1.82) is 0 Å². The van der Waals surface area contributed by atoms with E-state index in [1.54, 1.807) is 4.90 Å². The maximum atomic E-state index is 13.6. The molecule has 0 aliphatic carbocycles. The first-order valence-electron chi connectivity index (χ1n) is 13.0. The maximum Gasteiger partial charge on any atom is 0.245 e. The number of benzene rings is 1. The molecule has 0 spiro atoms. The molecule has 0 saturated carbocycles. The summed E-state index contributed by atoms with van der Waals surface area (Å²) in [6.45, 7) is 10.6. The van der Waals surface area contributed by atoms with Crippen LogP contribution in [-0.2, 0) is 27.3 Å². The molecule has 3 heterocycles. The third-order valence-corrected chi connectivity index (χ3v) is 7.60. The van der Waals surface area contributed by atoms with E-state index in [-0.39, 0.29) is 23.6 Å². The summed E-state index contributed by atoms with van der Waals surface area (Å²) in [5, 5.41) is 0. The zero-order valence-electron chi connectivity index (χ0n) is 21.0. The van der Waals surface area contributed by atoms with Crippen molar-refractivity contribution in [3.63, 3.8) is 0 Å². The zero-order chi connectivity index (χ0) is 24.2. The van der Waals surface area contributed by atoms with E-state index in [2.05, 4.69) is 24.0 Å². The van der Waals surface area contributed by atoms with E-state index in [9.17, 15) is 14.4 Å². The smallest absolute Gasteiger partial charge is 0.245 e. The van der Waals surface area contributed by atoms with Crippen molar-refractivity contribution in [3.05, 3.63) is 35.4 Å². The number of piperidine rings is 1. The van der Waals surface area contributed by atoms with Crippen molar-refractivity contribution in [2.45, 2.75) is 71.5 Å². The van der Waals surface area contributed by atoms with E-state index in [0.717, 1.165) is 30.5 Å². The first-order chi connectivity index (χ1) is 16.3. The summed E-state index contributed by atoms with van der Waals surface area (Å²) in [5.41, 5.74) is 2.30. The van der Waals surface area contributed by atoms with E-state index >= 15 is 0 Å². The minimum absolute atomic E-state index is 0.0437. The molecule has 1 aromatic carbocycles. The summed E-state index contributed by atoms with van der Waals surface area (Å²) in [6.07, 6.45) is 4.41. The lowest BCUT2D eigenvalue weighted by Crippen LogP contribution is -2.58. The van der Waals surface area contributed by atoms with Crippen LogP contribution in [0.25, 0.3) is 0 Å². The summed E-state index contributed by atoms with van der Waals surface area (Å²) in [5.74, 6) is 0.565. The highest BCUT2D eigenvalue weighted by molar-refractivity contribution is 5.88. The first-order valence-corrected chi connectivity index (χ1v) is 13.0. The molecule has 2 fully saturated rings. The molecule has 1 aromatic rings. The topological polar surface area (TPSA) is 64.2 Å². The molecule has 7 heteroatoms. The van der Waals surface area contributed by atoms with Gasteiger partial charge < -0.3 is 14.7 Å². The Labute approximate surface area is 204 Å². The molecule has 4 rings (SSSR count). The molecule has 186 valence electrons. The van der Waals surface area contributed by atoms with Gasteiger partial charge in [-0.15, -0.1) is 0 Å². The molecule has 0 N–H and O–H groups in total. The third-order valence-electron chi connectivity index (χ3n) is 7.60. The predicted octanol–water partition coefficient (Wildman–Crippen LogP) is 2.53. The van der Waals surface area contributed by atoms with Gasteiger partial charge in [0.05, 0.1) is 6.54 Å². The highest BCUT2D eigenvalue weighted by Crippen LogP contribution is 2.26. The second-order valence-corrected chi connectivity index (χ2v) is 10.6. The van der Waals surface area contributed by atoms with Crippen LogP contribution in [0, 0.1) is 5.92 Å². The van der Waals surface area contributed by atoms with Gasteiger partial charge >= 0.3 is 0 Å². The Morgan fingerprint density at radius 3 is 2.29 bits per heavy atom. The van der Waals surface area contributed by atoms with Gasteiger partial charge in [-0.3, -0.25) is 19.3 Å². The van der Waals surface area contributed by atoms with Crippen LogP contribution in [0.5, 0.6) is 0 Å². The van der Waals surface area contributed by atoms with Gasteiger partial charge in [0.25, 0.3) is 0 Å². The van der Waals surface area contributed by atoms with Crippen LogP contribution < -0.4 is 0 Å². The molecule has 3 aliphatic heterocycles. The standard InChI is InChI=1S/C27H40N4O3/c1-20(2)16-25(32)31-18-23-10-5-4-9-22(23)17-24(31)27(34)29-14-12-28(13-15-29)19-26(33)30-11-7-6-8-21(30)3/h4-5,9-10,20-21,24H,6-8,11-19H2,1-3H3. The fourth-order valence-electron chi connectivity index (χ4n) is 5.56. The number of carbonyl (C=O) groups is 3. The summed E-state index contributed by atoms with van der Waals surface area (Å²) in [6, 6.07) is 8.02. The van der Waals surface area contributed by atoms with Crippen LogP contribution in [-0.4, -0.2) is 88.7 Å². The fraction of sp³-hybridized carbons (Fsp3) is 0.667. The molecular formula is C27H40N4O3. The molecule has 0 radical (unpaired) electrons. The zero-order valence-corrected chi connectivity index (χ0v) is 21.0. The molecule has 34 heavy (non-hydrogen) atoms. The molecule has 2 atom stereocenters. The number of nitrogens with zero attached hydrogens (tertiary/aromatic N) is 4. The normalized spacial score (nSPS) is 23.7. The number of likely N-dealkylation sites (tertiary alicyclic amines) is 1. The Morgan fingerprint density at radius 1 is 0.912 bits per heavy atom. The highest BCUT2D eigenvalue weighted by atomic mass is 16.2. The van der Waals surface area contributed by atoms with E-state index in [1.807, 2.05) is 35.8 Å². The first kappa shape index (κ1) is 24.7. The van der Waals surface area contributed by atoms with Crippen LogP contribution in [0.4, 0.5) is 0 Å². The fourth-order valence-corrected chi connectivity index (χ4v) is 5.56. The van der Waals surface area contributed by atoms with Crippen molar-refractivity contribution in [2.75, 3.05) is 39.3 Å². The largest absolute Gasteiger partial charge is 0.339 e. The van der Waals surface area contributed by atoms with Crippen molar-refractivity contribution < 1.29 is 14.4 Å². The van der Waals surface area contributed by atoms with Crippen molar-refractivity contribution in [1.82, 2.24) is 19.6 Å². The van der Waals surface area contributed by atoms with Gasteiger partial charge in [-0.05, 0) is 43.2 Å². The number of rotatable bonds is 5. The Morgan fingerprint density at radius 2 is 1.62 bits per heavy atom. The van der Waals surface area contributed by atoms with E-state index < -0.39 is 6.04 Å². The predicted molar refractivity (Wildman–Crippen MR) is 132 cm³/mol. The van der Waals surface area contributed by atoms with Gasteiger partial charge in [-0.25, -0.2) is 0 Å². The van der Waals surface area contributed by atoms with E-state index in [0.29, 0.717) is 58.2 Å². The van der Waals surface area contributed by atoms with Crippen LogP contribution in [0.15, 0.2) is 24.3 Å². The molecular weight excluding hydrogens is 428 g/mol. The average molecular weight is 469 g/mol. The number of amides is 3. The lowest BCUT2D eigenvalue weighted by Gasteiger charge is -2.42. The monoisotopic (exact) mass is 468 g/mol. The highest BCUT2D eigenvalue weighted by Gasteiger charge is 2.38. The molecule has 7 nitrogen and oxygen atoms in total. The van der Waals surface area contributed by atoms with E-state index in [4.69, 9.17) is 0 Å². The Kier molecular flexibility index (Phi) is 7.91. The number of piperazine rings is 1. The summed E-state index contributed by atoms with van der Waals surface area (Å²) < 4.78 is 0. The summed E-state index contributed by atoms with van der Waals surface area (Å²) in [7, 11) is 0. The van der Waals surface area contributed by atoms with Gasteiger partial charge in [0.2, 0.25) is 17.7 Å². The van der Waals surface area contributed by atoms with Gasteiger partial charge in [-0.1, -0.05) is 38.1 Å². The summed E-state index contributed by atoms with van der Waals surface area (Å²) in [4.78, 5) is 47.4. The van der Waals surface area contributed by atoms with Crippen LogP contribution in [0.1, 0.15) is 57.6 Å². The Bertz CT molecular complexity index is 894. The molecule has 0 aromatic heterocycles. The van der Waals surface area contributed by atoms with Gasteiger partial charge in [0.1, 0.15) is 6.04 Å². The number of carbonyl (C=O) groups excluding carboxylic acids is 3. The molecule has 3 amide bonds. The van der Waals surface area contributed by atoms with Gasteiger partial charge in [0.15, 0.2) is 0 Å². The molecule has 2 saturated heterocycles. The number of hydrogen-bond donors (Lipinski definition) is 0. The lowest BCUT2D eigenvalue weighted by molar-refractivity contribution is -0.149. The minimum Gasteiger partial charge on any atom is -0.339 e. The number of fused-ring (bicyclic) bond motifs is 1. The van der Waals surface area contributed by atoms with Crippen LogP contribution in [0.2, 0.25) is 0 Å². The van der Waals surface area contributed by atoms with Gasteiger partial charge in [0, 0.05) is 58.2 Å². The van der Waals surface area contributed by atoms with E-state index in [1.165, 1.54) is 6.42 Å². The van der Waals surface area contributed by atoms with Gasteiger partial charge in [-0.2, -0.15) is 0 Å². The number of hydrogen-bond acceptors (Lipinski definition) is 4. The lowest BCUT2D eigenvalue weighted by atomic mass is 9.92. The van der Waals surface area contributed by atoms with Crippen molar-refractivity contribution >= 4 is 17.7 Å². The molecule has 0 bridgehead atoms. The maximum absolute atomic E-state index is 13.6. The van der Waals surface area contributed by atoms with Crippen LogP contribution in [0.3, 0.4) is 0 Å².